The summed E-state index contributed by atoms with van der Waals surface area (Å²) in [6.45, 7) is 4.80. The van der Waals surface area contributed by atoms with Gasteiger partial charge >= 0.3 is 0 Å². The fourth-order valence-electron chi connectivity index (χ4n) is 3.35. The van der Waals surface area contributed by atoms with Gasteiger partial charge < -0.3 is 10.2 Å². The molecule has 9 heteroatoms. The van der Waals surface area contributed by atoms with E-state index >= 15 is 0 Å². The second kappa shape index (κ2) is 10.4. The summed E-state index contributed by atoms with van der Waals surface area (Å²) in [4.78, 5) is 17.0. The second-order valence-electron chi connectivity index (χ2n) is 7.23. The molecule has 0 spiro atoms. The number of anilines is 1. The maximum atomic E-state index is 12.6. The number of nitrogens with one attached hydrogen (secondary N) is 1. The summed E-state index contributed by atoms with van der Waals surface area (Å²) >= 11 is 3.29. The van der Waals surface area contributed by atoms with Gasteiger partial charge in [0.2, 0.25) is 15.9 Å². The van der Waals surface area contributed by atoms with Gasteiger partial charge in [0.1, 0.15) is 0 Å². The molecule has 3 rings (SSSR count). The Kier molecular flexibility index (Phi) is 7.87. The van der Waals surface area contributed by atoms with Crippen molar-refractivity contribution >= 4 is 37.5 Å². The number of rotatable bonds is 8. The fraction of sp³-hybridized carbons (Fsp3) is 0.381. The number of likely N-dealkylation sites (N-methyl/N-ethyl adjacent to an activating group) is 1. The molecule has 1 aliphatic heterocycles. The number of halogens is 1. The molecule has 7 nitrogen and oxygen atoms in total. The Labute approximate surface area is 186 Å². The third-order valence-corrected chi connectivity index (χ3v) is 7.48. The number of nitrogens with zero attached hydrogens (tertiary/aromatic N) is 3. The number of sulfonamides is 1. The summed E-state index contributed by atoms with van der Waals surface area (Å²) in [5, 5.41) is 2.83. The maximum absolute atomic E-state index is 12.6. The molecular weight excluding hydrogens is 468 g/mol. The summed E-state index contributed by atoms with van der Waals surface area (Å²) < 4.78 is 27.0. The lowest BCUT2D eigenvalue weighted by Crippen LogP contribution is -2.49. The van der Waals surface area contributed by atoms with Crippen LogP contribution in [0.25, 0.3) is 0 Å². The van der Waals surface area contributed by atoms with E-state index < -0.39 is 10.0 Å². The minimum atomic E-state index is -3.69. The van der Waals surface area contributed by atoms with Gasteiger partial charge in [0.05, 0.1) is 11.4 Å². The normalized spacial score (nSPS) is 15.4. The molecule has 0 radical (unpaired) electrons. The van der Waals surface area contributed by atoms with Gasteiger partial charge in [-0.05, 0) is 36.4 Å². The van der Waals surface area contributed by atoms with E-state index in [0.29, 0.717) is 6.54 Å². The van der Waals surface area contributed by atoms with E-state index in [4.69, 9.17) is 0 Å². The van der Waals surface area contributed by atoms with Gasteiger partial charge in [-0.3, -0.25) is 9.69 Å². The van der Waals surface area contributed by atoms with Gasteiger partial charge in [-0.1, -0.05) is 34.1 Å². The molecule has 1 aliphatic rings. The molecule has 0 saturated carbocycles. The van der Waals surface area contributed by atoms with Crippen LogP contribution < -0.4 is 10.2 Å². The molecule has 1 N–H and O–H groups in total. The Balaban J connectivity index is 1.39. The van der Waals surface area contributed by atoms with Gasteiger partial charge in [0.15, 0.2) is 0 Å². The van der Waals surface area contributed by atoms with Gasteiger partial charge in [-0.25, -0.2) is 8.42 Å². The zero-order valence-electron chi connectivity index (χ0n) is 17.0. The Morgan fingerprint density at radius 1 is 1.03 bits per heavy atom. The van der Waals surface area contributed by atoms with Crippen LogP contribution in [0, 0.1) is 0 Å². The van der Waals surface area contributed by atoms with E-state index in [1.807, 2.05) is 18.2 Å². The average molecular weight is 495 g/mol. The molecule has 30 heavy (non-hydrogen) atoms. The van der Waals surface area contributed by atoms with Gasteiger partial charge in [0, 0.05) is 56.5 Å². The lowest BCUT2D eigenvalue weighted by molar-refractivity contribution is -0.121. The molecule has 0 atom stereocenters. The van der Waals surface area contributed by atoms with E-state index in [-0.39, 0.29) is 17.3 Å². The number of hydrogen-bond donors (Lipinski definition) is 1. The van der Waals surface area contributed by atoms with Crippen molar-refractivity contribution < 1.29 is 13.2 Å². The van der Waals surface area contributed by atoms with E-state index in [1.54, 1.807) is 12.1 Å². The smallest absolute Gasteiger partial charge is 0.243 e. The molecule has 1 heterocycles. The fourth-order valence-corrected chi connectivity index (χ4v) is 4.74. The Morgan fingerprint density at radius 2 is 1.67 bits per heavy atom. The summed E-state index contributed by atoms with van der Waals surface area (Å²) in [6.07, 6.45) is 0. The Hall–Kier alpha value is -1.94. The van der Waals surface area contributed by atoms with Crippen LogP contribution in [0.15, 0.2) is 64.0 Å². The zero-order chi connectivity index (χ0) is 21.6. The van der Waals surface area contributed by atoms with Gasteiger partial charge in [0.25, 0.3) is 0 Å². The predicted octanol–water partition coefficient (Wildman–Crippen LogP) is 2.01. The summed E-state index contributed by atoms with van der Waals surface area (Å²) in [5.74, 6) is -0.305. The van der Waals surface area contributed by atoms with Crippen LogP contribution in [0.2, 0.25) is 0 Å². The van der Waals surface area contributed by atoms with Crippen molar-refractivity contribution in [2.75, 3.05) is 57.8 Å². The molecule has 0 bridgehead atoms. The largest absolute Gasteiger partial charge is 0.369 e. The third kappa shape index (κ3) is 6.04. The summed E-state index contributed by atoms with van der Waals surface area (Å²) in [7, 11) is -2.28. The molecule has 1 fully saturated rings. The highest BCUT2D eigenvalue weighted by Crippen LogP contribution is 2.18. The first-order valence-corrected chi connectivity index (χ1v) is 12.1. The van der Waals surface area contributed by atoms with Crippen molar-refractivity contribution in [1.29, 1.82) is 0 Å². The SMILES string of the molecule is CN(CC(=O)NCCN1CCN(c2ccccc2)CC1)S(=O)(=O)c1ccc(Br)cc1. The minimum Gasteiger partial charge on any atom is -0.369 e. The minimum absolute atomic E-state index is 0.164. The lowest BCUT2D eigenvalue weighted by atomic mass is 10.2. The van der Waals surface area contributed by atoms with Crippen molar-refractivity contribution in [1.82, 2.24) is 14.5 Å². The molecule has 2 aromatic carbocycles. The molecule has 0 aliphatic carbocycles. The second-order valence-corrected chi connectivity index (χ2v) is 10.2. The number of benzene rings is 2. The van der Waals surface area contributed by atoms with Crippen LogP contribution in [-0.2, 0) is 14.8 Å². The predicted molar refractivity (Wildman–Crippen MR) is 122 cm³/mol. The Bertz CT molecular complexity index is 930. The lowest BCUT2D eigenvalue weighted by Gasteiger charge is -2.36. The van der Waals surface area contributed by atoms with Crippen molar-refractivity contribution in [2.24, 2.45) is 0 Å². The van der Waals surface area contributed by atoms with Crippen LogP contribution >= 0.6 is 15.9 Å². The van der Waals surface area contributed by atoms with Crippen LogP contribution in [-0.4, -0.2) is 76.4 Å². The van der Waals surface area contributed by atoms with Crippen LogP contribution in [0.1, 0.15) is 0 Å². The van der Waals surface area contributed by atoms with Crippen molar-refractivity contribution in [3.63, 3.8) is 0 Å². The quantitative estimate of drug-likeness (QED) is 0.607. The first kappa shape index (κ1) is 22.7. The number of carbonyl (C=O) groups excluding carboxylic acids is 1. The van der Waals surface area contributed by atoms with E-state index in [1.165, 1.54) is 24.9 Å². The zero-order valence-corrected chi connectivity index (χ0v) is 19.4. The topological polar surface area (TPSA) is 73.0 Å². The number of hydrogen-bond acceptors (Lipinski definition) is 5. The highest BCUT2D eigenvalue weighted by Gasteiger charge is 2.23. The average Bonchev–Trinajstić information content (AvgIpc) is 2.75. The van der Waals surface area contributed by atoms with E-state index in [9.17, 15) is 13.2 Å². The molecule has 1 saturated heterocycles. The first-order chi connectivity index (χ1) is 14.4. The van der Waals surface area contributed by atoms with Crippen LogP contribution in [0.4, 0.5) is 5.69 Å². The van der Waals surface area contributed by atoms with Gasteiger partial charge in [-0.15, -0.1) is 0 Å². The number of carbonyl (C=O) groups is 1. The first-order valence-electron chi connectivity index (χ1n) is 9.87. The van der Waals surface area contributed by atoms with Crippen molar-refractivity contribution in [3.8, 4) is 0 Å². The summed E-state index contributed by atoms with van der Waals surface area (Å²) in [6, 6.07) is 16.7. The molecule has 2 aromatic rings. The monoisotopic (exact) mass is 494 g/mol. The van der Waals surface area contributed by atoms with Crippen molar-refractivity contribution in [3.05, 3.63) is 59.1 Å². The highest BCUT2D eigenvalue weighted by atomic mass is 79.9. The number of piperazine rings is 1. The van der Waals surface area contributed by atoms with E-state index in [0.717, 1.165) is 41.5 Å². The number of para-hydroxylation sites is 1. The molecule has 1 amide bonds. The van der Waals surface area contributed by atoms with Crippen LogP contribution in [0.5, 0.6) is 0 Å². The van der Waals surface area contributed by atoms with Crippen molar-refractivity contribution in [2.45, 2.75) is 4.90 Å². The molecular formula is C21H27BrN4O3S. The van der Waals surface area contributed by atoms with Gasteiger partial charge in [-0.2, -0.15) is 4.31 Å². The molecule has 0 aromatic heterocycles. The molecule has 0 unspecified atom stereocenters. The Morgan fingerprint density at radius 3 is 2.30 bits per heavy atom. The van der Waals surface area contributed by atoms with E-state index in [2.05, 4.69) is 43.2 Å². The number of amides is 1. The highest BCUT2D eigenvalue weighted by molar-refractivity contribution is 9.10. The van der Waals surface area contributed by atoms with Crippen LogP contribution in [0.3, 0.4) is 0 Å². The maximum Gasteiger partial charge on any atom is 0.243 e. The third-order valence-electron chi connectivity index (χ3n) is 5.13. The molecule has 162 valence electrons. The standard InChI is InChI=1S/C21H27BrN4O3S/c1-24(30(28,29)20-9-7-18(22)8-10-20)17-21(27)23-11-12-25-13-15-26(16-14-25)19-5-3-2-4-6-19/h2-10H,11-17H2,1H3,(H,23,27). The summed E-state index contributed by atoms with van der Waals surface area (Å²) in [5.41, 5.74) is 1.24.